The number of ketones is 1. The Morgan fingerprint density at radius 1 is 0.571 bits per heavy atom. The molecule has 4 unspecified atom stereocenters. The number of halogens is 6. The molecule has 4 atom stereocenters. The summed E-state index contributed by atoms with van der Waals surface area (Å²) in [7, 11) is 0. The minimum atomic E-state index is -6.13. The lowest BCUT2D eigenvalue weighted by molar-refractivity contribution is -0.288. The van der Waals surface area contributed by atoms with Crippen LogP contribution in [0.4, 0.5) is 43.4 Å². The van der Waals surface area contributed by atoms with E-state index in [2.05, 4.69) is 16.0 Å². The van der Waals surface area contributed by atoms with E-state index in [0.717, 1.165) is 5.56 Å². The maximum atomic E-state index is 15.2. The zero-order valence-electron chi connectivity index (χ0n) is 33.1. The van der Waals surface area contributed by atoms with Crippen LogP contribution in [0.5, 0.6) is 28.7 Å². The van der Waals surface area contributed by atoms with Gasteiger partial charge in [0.1, 0.15) is 34.5 Å². The predicted octanol–water partition coefficient (Wildman–Crippen LogP) is 9.79. The summed E-state index contributed by atoms with van der Waals surface area (Å²) in [4.78, 5) is 51.8. The average molecular weight is 874 g/mol. The van der Waals surface area contributed by atoms with Crippen LogP contribution in [-0.4, -0.2) is 51.2 Å². The molecule has 5 aromatic rings. The Morgan fingerprint density at radius 3 is 1.43 bits per heavy atom. The van der Waals surface area contributed by atoms with Crippen molar-refractivity contribution in [2.24, 2.45) is 23.7 Å². The Labute approximate surface area is 355 Å². The van der Waals surface area contributed by atoms with E-state index in [1.54, 1.807) is 31.2 Å². The van der Waals surface area contributed by atoms with Crippen LogP contribution in [0, 0.1) is 30.6 Å². The Bertz CT molecular complexity index is 2630. The van der Waals surface area contributed by atoms with Crippen molar-refractivity contribution in [3.63, 3.8) is 0 Å². The second-order valence-electron chi connectivity index (χ2n) is 15.4. The van der Waals surface area contributed by atoms with E-state index in [4.69, 9.17) is 4.74 Å². The fourth-order valence-electron chi connectivity index (χ4n) is 8.29. The number of fused-ring (bicyclic) bond motifs is 2. The van der Waals surface area contributed by atoms with Gasteiger partial charge in [-0.1, -0.05) is 30.4 Å². The summed E-state index contributed by atoms with van der Waals surface area (Å²) in [5.74, 6) is -6.42. The number of hydrogen-bond acceptors (Lipinski definition) is 8. The van der Waals surface area contributed by atoms with Crippen molar-refractivity contribution in [2.75, 3.05) is 16.0 Å². The monoisotopic (exact) mass is 873 g/mol. The minimum absolute atomic E-state index is 0.111. The number of phenolic OH excluding ortho intramolecular Hbond substituents is 3. The fraction of sp³-hybridized carbons (Fsp3) is 0.217. The number of alkyl halides is 6. The molecule has 0 aliphatic heterocycles. The van der Waals surface area contributed by atoms with Crippen molar-refractivity contribution < 1.29 is 65.6 Å². The van der Waals surface area contributed by atoms with E-state index in [1.165, 1.54) is 61.5 Å². The molecule has 2 bridgehead atoms. The molecule has 17 heteroatoms. The quantitative estimate of drug-likeness (QED) is 0.0432. The van der Waals surface area contributed by atoms with Gasteiger partial charge in [-0.25, -0.2) is 0 Å². The van der Waals surface area contributed by atoms with Gasteiger partial charge in [0.15, 0.2) is 0 Å². The molecule has 0 spiro atoms. The van der Waals surface area contributed by atoms with Gasteiger partial charge in [-0.2, -0.15) is 26.3 Å². The third-order valence-corrected chi connectivity index (χ3v) is 11.3. The van der Waals surface area contributed by atoms with Crippen molar-refractivity contribution in [1.29, 1.82) is 0 Å². The summed E-state index contributed by atoms with van der Waals surface area (Å²) < 4.78 is 97.2. The van der Waals surface area contributed by atoms with Crippen molar-refractivity contribution in [3.05, 3.63) is 143 Å². The third-order valence-electron chi connectivity index (χ3n) is 11.3. The van der Waals surface area contributed by atoms with E-state index >= 15 is 26.3 Å². The largest absolute Gasteiger partial charge is 0.506 e. The van der Waals surface area contributed by atoms with Gasteiger partial charge in [0, 0.05) is 17.0 Å². The molecule has 11 nitrogen and oxygen atoms in total. The number of carbonyl (C=O) groups is 4. The molecule has 0 aromatic heterocycles. The molecule has 2 aliphatic rings. The topological polar surface area (TPSA) is 174 Å². The molecular weight excluding hydrogens is 837 g/mol. The van der Waals surface area contributed by atoms with E-state index in [1.807, 2.05) is 0 Å². The van der Waals surface area contributed by atoms with Crippen LogP contribution in [0.25, 0.3) is 0 Å². The first-order chi connectivity index (χ1) is 29.7. The summed E-state index contributed by atoms with van der Waals surface area (Å²) in [6, 6.07) is 18.5. The first-order valence-corrected chi connectivity index (χ1v) is 19.3. The number of Topliss-reactive ketones (excluding diaryl/α,β-unsaturated/α-hetero) is 1. The number of aromatic hydroxyl groups is 3. The molecule has 63 heavy (non-hydrogen) atoms. The molecule has 0 heterocycles. The molecule has 1 fully saturated rings. The van der Waals surface area contributed by atoms with Crippen LogP contribution >= 0.6 is 0 Å². The van der Waals surface area contributed by atoms with Gasteiger partial charge in [-0.15, -0.1) is 0 Å². The molecule has 6 N–H and O–H groups in total. The zero-order chi connectivity index (χ0) is 45.6. The van der Waals surface area contributed by atoms with Crippen LogP contribution in [-0.2, 0) is 15.0 Å². The van der Waals surface area contributed by atoms with E-state index in [9.17, 15) is 34.5 Å². The van der Waals surface area contributed by atoms with E-state index in [0.29, 0.717) is 42.8 Å². The van der Waals surface area contributed by atoms with Crippen molar-refractivity contribution >= 4 is 40.6 Å². The molecule has 7 rings (SSSR count). The molecule has 0 radical (unpaired) electrons. The summed E-state index contributed by atoms with van der Waals surface area (Å²) >= 11 is 0. The van der Waals surface area contributed by atoms with Crippen molar-refractivity contribution in [1.82, 2.24) is 0 Å². The smallest absolute Gasteiger partial charge is 0.411 e. The Morgan fingerprint density at radius 2 is 0.984 bits per heavy atom. The number of hydrogen-bond donors (Lipinski definition) is 6. The standard InChI is InChI=1S/C46H37F6N3O8/c1-23-3-16-36(57)33(19-23)53-41(60)25-6-12-31(13-7-25)63-32-14-8-26(9-15-32)42(61)54-34-21-29(10-17-37(34)58)44(45(47,48)49,46(50,51)52)30-11-18-38(59)35(22-30)55-43(62)40-28-5-4-27(20-28)39(40)24(2)56/h3-19,21-22,27-28,39-40,57-59H,20H2,1-2H3,(H,53,60)(H,54,61)(H,55,62). The second-order valence-corrected chi connectivity index (χ2v) is 15.4. The number of aryl methyl sites for hydroxylation is 1. The summed E-state index contributed by atoms with van der Waals surface area (Å²) in [5.41, 5.74) is -8.15. The maximum Gasteiger partial charge on any atom is 0.411 e. The number of nitrogens with one attached hydrogen (secondary N) is 3. The number of allylic oxidation sites excluding steroid dienone is 2. The molecule has 326 valence electrons. The lowest BCUT2D eigenvalue weighted by Crippen LogP contribution is -2.54. The lowest BCUT2D eigenvalue weighted by atomic mass is 9.72. The number of anilines is 3. The predicted molar refractivity (Wildman–Crippen MR) is 218 cm³/mol. The highest BCUT2D eigenvalue weighted by Gasteiger charge is 2.72. The Hall–Kier alpha value is -7.30. The van der Waals surface area contributed by atoms with Crippen LogP contribution in [0.2, 0.25) is 0 Å². The first kappa shape index (κ1) is 43.8. The molecule has 3 amide bonds. The zero-order valence-corrected chi connectivity index (χ0v) is 33.1. The van der Waals surface area contributed by atoms with E-state index < -0.39 is 87.2 Å². The minimum Gasteiger partial charge on any atom is -0.506 e. The van der Waals surface area contributed by atoms with Crippen molar-refractivity contribution in [3.8, 4) is 28.7 Å². The van der Waals surface area contributed by atoms with Gasteiger partial charge in [0.2, 0.25) is 11.3 Å². The molecule has 2 aliphatic carbocycles. The second kappa shape index (κ2) is 16.5. The van der Waals surface area contributed by atoms with Crippen LogP contribution < -0.4 is 20.7 Å². The summed E-state index contributed by atoms with van der Waals surface area (Å²) in [6.45, 7) is 3.08. The van der Waals surface area contributed by atoms with Crippen LogP contribution in [0.3, 0.4) is 0 Å². The molecule has 5 aromatic carbocycles. The van der Waals surface area contributed by atoms with Gasteiger partial charge < -0.3 is 36.0 Å². The van der Waals surface area contributed by atoms with E-state index in [-0.39, 0.29) is 45.8 Å². The molecule has 0 saturated heterocycles. The van der Waals surface area contributed by atoms with Gasteiger partial charge >= 0.3 is 12.4 Å². The maximum absolute atomic E-state index is 15.2. The number of carbonyl (C=O) groups excluding carboxylic acids is 4. The number of rotatable bonds is 11. The first-order valence-electron chi connectivity index (χ1n) is 19.3. The van der Waals surface area contributed by atoms with Gasteiger partial charge in [0.25, 0.3) is 11.8 Å². The third kappa shape index (κ3) is 8.37. The SMILES string of the molecule is CC(=O)C1C2C=CC(C2)C1C(=O)Nc1cc(C(c2ccc(O)c(NC(=O)c3ccc(Oc4ccc(C(=O)Nc5cc(C)ccc5O)cc4)cc3)c2)(C(F)(F)F)C(F)(F)F)ccc1O. The highest BCUT2D eigenvalue weighted by molar-refractivity contribution is 6.06. The Balaban J connectivity index is 1.10. The molecular formula is C46H37F6N3O8. The van der Waals surface area contributed by atoms with Gasteiger partial charge in [-0.05, 0) is 134 Å². The van der Waals surface area contributed by atoms with Gasteiger partial charge in [-0.3, -0.25) is 19.2 Å². The molecule has 1 saturated carbocycles. The van der Waals surface area contributed by atoms with Gasteiger partial charge in [0.05, 0.1) is 23.0 Å². The van der Waals surface area contributed by atoms with Crippen LogP contribution in [0.15, 0.2) is 115 Å². The number of phenols is 3. The van der Waals surface area contributed by atoms with Crippen molar-refractivity contribution in [2.45, 2.75) is 38.0 Å². The highest BCUT2D eigenvalue weighted by Crippen LogP contribution is 2.58. The summed E-state index contributed by atoms with van der Waals surface area (Å²) in [6.07, 6.45) is -8.30. The highest BCUT2D eigenvalue weighted by atomic mass is 19.4. The Kier molecular flexibility index (Phi) is 11.5. The van der Waals surface area contributed by atoms with Crippen LogP contribution in [0.1, 0.15) is 50.8 Å². The fourth-order valence-corrected chi connectivity index (χ4v) is 8.29. The summed E-state index contributed by atoms with van der Waals surface area (Å²) in [5, 5.41) is 38.2. The number of benzene rings is 5. The normalized spacial score (nSPS) is 18.2. The lowest BCUT2D eigenvalue weighted by Gasteiger charge is -2.38. The average Bonchev–Trinajstić information content (AvgIpc) is 3.84. The number of ether oxygens (including phenoxy) is 1. The number of amides is 3.